The van der Waals surface area contributed by atoms with Crippen LogP contribution in [0.25, 0.3) is 28.3 Å². The van der Waals surface area contributed by atoms with Crippen LogP contribution in [0.15, 0.2) is 55.0 Å². The molecule has 0 aliphatic carbocycles. The lowest BCUT2D eigenvalue weighted by molar-refractivity contribution is -0.141. The van der Waals surface area contributed by atoms with Crippen molar-refractivity contribution in [3.63, 3.8) is 0 Å². The van der Waals surface area contributed by atoms with E-state index in [1.54, 1.807) is 46.0 Å². The minimum Gasteiger partial charge on any atom is -0.490 e. The first-order chi connectivity index (χ1) is 15.3. The van der Waals surface area contributed by atoms with Gasteiger partial charge in [-0.1, -0.05) is 0 Å². The first kappa shape index (κ1) is 20.0. The molecule has 162 valence electrons. The summed E-state index contributed by atoms with van der Waals surface area (Å²) in [5, 5.41) is 0. The number of aromatic nitrogens is 4. The highest BCUT2D eigenvalue weighted by molar-refractivity contribution is 5.95. The van der Waals surface area contributed by atoms with Crippen LogP contribution >= 0.6 is 0 Å². The van der Waals surface area contributed by atoms with Crippen LogP contribution < -0.4 is 9.64 Å². The summed E-state index contributed by atoms with van der Waals surface area (Å²) in [5.41, 5.74) is 1.36. The third-order valence-corrected chi connectivity index (χ3v) is 5.20. The monoisotopic (exact) mass is 439 g/mol. The Bertz CT molecular complexity index is 1350. The smallest absolute Gasteiger partial charge is 0.433 e. The summed E-state index contributed by atoms with van der Waals surface area (Å²) in [6, 6.07) is 9.41. The highest BCUT2D eigenvalue weighted by Crippen LogP contribution is 2.39. The van der Waals surface area contributed by atoms with Crippen molar-refractivity contribution >= 4 is 17.4 Å². The van der Waals surface area contributed by atoms with Crippen molar-refractivity contribution < 1.29 is 22.7 Å². The molecule has 4 heterocycles. The quantitative estimate of drug-likeness (QED) is 0.468. The standard InChI is InChI=1S/C22H16F3N5O2/c1-13(31)29-9-10-32-17-4-3-14(11-16(17)29)19-20(30-8-2-6-27-21(30)28-19)15-5-7-26-18(12-15)22(23,24)25/h2-8,11-12H,9-10H2,1H3. The number of nitrogens with zero attached hydrogens (tertiary/aromatic N) is 5. The molecule has 0 atom stereocenters. The molecule has 1 amide bonds. The van der Waals surface area contributed by atoms with E-state index in [4.69, 9.17) is 4.74 Å². The molecule has 4 aromatic rings. The maximum atomic E-state index is 13.3. The van der Waals surface area contributed by atoms with Gasteiger partial charge in [-0.25, -0.2) is 9.97 Å². The second-order valence-corrected chi connectivity index (χ2v) is 7.23. The summed E-state index contributed by atoms with van der Waals surface area (Å²) in [4.78, 5) is 26.0. The summed E-state index contributed by atoms with van der Waals surface area (Å²) < 4.78 is 47.2. The predicted octanol–water partition coefficient (Wildman–Crippen LogP) is 4.22. The summed E-state index contributed by atoms with van der Waals surface area (Å²) in [5.74, 6) is 0.759. The van der Waals surface area contributed by atoms with Gasteiger partial charge in [0.05, 0.1) is 23.6 Å². The van der Waals surface area contributed by atoms with E-state index in [9.17, 15) is 18.0 Å². The molecule has 0 spiro atoms. The van der Waals surface area contributed by atoms with E-state index in [1.807, 2.05) is 0 Å². The molecule has 32 heavy (non-hydrogen) atoms. The molecule has 5 rings (SSSR count). The summed E-state index contributed by atoms with van der Waals surface area (Å²) in [6.45, 7) is 2.26. The Morgan fingerprint density at radius 2 is 1.94 bits per heavy atom. The summed E-state index contributed by atoms with van der Waals surface area (Å²) in [7, 11) is 0. The van der Waals surface area contributed by atoms with Crippen LogP contribution in [-0.4, -0.2) is 38.4 Å². The number of benzene rings is 1. The number of hydrogen-bond donors (Lipinski definition) is 0. The van der Waals surface area contributed by atoms with E-state index < -0.39 is 11.9 Å². The molecule has 0 bridgehead atoms. The lowest BCUT2D eigenvalue weighted by Crippen LogP contribution is -2.36. The van der Waals surface area contributed by atoms with E-state index in [2.05, 4.69) is 15.0 Å². The number of fused-ring (bicyclic) bond motifs is 2. The molecule has 0 fully saturated rings. The Labute approximate surface area is 180 Å². The van der Waals surface area contributed by atoms with Crippen molar-refractivity contribution in [2.75, 3.05) is 18.1 Å². The van der Waals surface area contributed by atoms with Gasteiger partial charge in [-0.3, -0.25) is 14.2 Å². The average Bonchev–Trinajstić information content (AvgIpc) is 3.17. The van der Waals surface area contributed by atoms with Crippen molar-refractivity contribution in [1.82, 2.24) is 19.4 Å². The Morgan fingerprint density at radius 3 is 2.72 bits per heavy atom. The van der Waals surface area contributed by atoms with Gasteiger partial charge >= 0.3 is 6.18 Å². The van der Waals surface area contributed by atoms with Crippen molar-refractivity contribution in [3.05, 3.63) is 60.7 Å². The number of amides is 1. The predicted molar refractivity (Wildman–Crippen MR) is 110 cm³/mol. The molecule has 0 N–H and O–H groups in total. The van der Waals surface area contributed by atoms with Gasteiger partial charge in [-0.15, -0.1) is 0 Å². The third kappa shape index (κ3) is 3.33. The van der Waals surface area contributed by atoms with Gasteiger partial charge in [0.25, 0.3) is 0 Å². The zero-order valence-electron chi connectivity index (χ0n) is 16.8. The topological polar surface area (TPSA) is 72.6 Å². The van der Waals surface area contributed by atoms with Crippen LogP contribution in [0, 0.1) is 0 Å². The normalized spacial score (nSPS) is 13.7. The number of alkyl halides is 3. The number of carbonyl (C=O) groups excluding carboxylic acids is 1. The second kappa shape index (κ2) is 7.33. The van der Waals surface area contributed by atoms with E-state index in [0.29, 0.717) is 52.9 Å². The van der Waals surface area contributed by atoms with Gasteiger partial charge in [0.1, 0.15) is 18.1 Å². The molecule has 0 radical (unpaired) electrons. The van der Waals surface area contributed by atoms with Crippen molar-refractivity contribution in [1.29, 1.82) is 0 Å². The molecule has 3 aromatic heterocycles. The second-order valence-electron chi connectivity index (χ2n) is 7.23. The summed E-state index contributed by atoms with van der Waals surface area (Å²) >= 11 is 0. The van der Waals surface area contributed by atoms with E-state index in [-0.39, 0.29) is 5.91 Å². The molecular formula is C22H16F3N5O2. The van der Waals surface area contributed by atoms with Crippen molar-refractivity contribution in [2.24, 2.45) is 0 Å². The third-order valence-electron chi connectivity index (χ3n) is 5.20. The molecule has 0 saturated heterocycles. The van der Waals surface area contributed by atoms with Crippen LogP contribution in [-0.2, 0) is 11.0 Å². The number of pyridine rings is 1. The lowest BCUT2D eigenvalue weighted by atomic mass is 10.0. The van der Waals surface area contributed by atoms with Gasteiger partial charge < -0.3 is 9.64 Å². The minimum absolute atomic E-state index is 0.132. The van der Waals surface area contributed by atoms with Gasteiger partial charge in [-0.2, -0.15) is 13.2 Å². The number of ether oxygens (including phenoxy) is 1. The highest BCUT2D eigenvalue weighted by Gasteiger charge is 2.33. The fourth-order valence-corrected chi connectivity index (χ4v) is 3.79. The highest BCUT2D eigenvalue weighted by atomic mass is 19.4. The largest absolute Gasteiger partial charge is 0.490 e. The number of carbonyl (C=O) groups is 1. The molecule has 10 heteroatoms. The molecule has 7 nitrogen and oxygen atoms in total. The Balaban J connectivity index is 1.74. The van der Waals surface area contributed by atoms with Crippen LogP contribution in [0.3, 0.4) is 0 Å². The van der Waals surface area contributed by atoms with Gasteiger partial charge in [0.15, 0.2) is 0 Å². The first-order valence-electron chi connectivity index (χ1n) is 9.75. The Kier molecular flexibility index (Phi) is 4.58. The number of anilines is 1. The van der Waals surface area contributed by atoms with Crippen molar-refractivity contribution in [3.8, 4) is 28.3 Å². The zero-order chi connectivity index (χ0) is 22.5. The summed E-state index contributed by atoms with van der Waals surface area (Å²) in [6.07, 6.45) is -0.219. The van der Waals surface area contributed by atoms with Crippen LogP contribution in [0.4, 0.5) is 18.9 Å². The fraction of sp³-hybridized carbons (Fsp3) is 0.182. The number of imidazole rings is 1. The Hall–Kier alpha value is -3.95. The fourth-order valence-electron chi connectivity index (χ4n) is 3.79. The van der Waals surface area contributed by atoms with Crippen LogP contribution in [0.2, 0.25) is 0 Å². The van der Waals surface area contributed by atoms with Gasteiger partial charge in [0.2, 0.25) is 11.7 Å². The zero-order valence-corrected chi connectivity index (χ0v) is 16.8. The lowest BCUT2D eigenvalue weighted by Gasteiger charge is -2.29. The number of halogens is 3. The van der Waals surface area contributed by atoms with Crippen molar-refractivity contribution in [2.45, 2.75) is 13.1 Å². The van der Waals surface area contributed by atoms with Gasteiger partial charge in [0, 0.05) is 36.6 Å². The molecular weight excluding hydrogens is 423 g/mol. The molecule has 0 saturated carbocycles. The van der Waals surface area contributed by atoms with Gasteiger partial charge in [-0.05, 0) is 36.4 Å². The van der Waals surface area contributed by atoms with E-state index >= 15 is 0 Å². The number of hydrogen-bond acceptors (Lipinski definition) is 5. The Morgan fingerprint density at radius 1 is 1.09 bits per heavy atom. The minimum atomic E-state index is -4.58. The van der Waals surface area contributed by atoms with Crippen LogP contribution in [0.5, 0.6) is 5.75 Å². The molecule has 1 aromatic carbocycles. The molecule has 1 aliphatic rings. The number of rotatable bonds is 2. The average molecular weight is 439 g/mol. The first-order valence-corrected chi connectivity index (χ1v) is 9.75. The maximum Gasteiger partial charge on any atom is 0.433 e. The maximum absolute atomic E-state index is 13.3. The van der Waals surface area contributed by atoms with Crippen LogP contribution in [0.1, 0.15) is 12.6 Å². The van der Waals surface area contributed by atoms with E-state index in [1.165, 1.54) is 13.0 Å². The molecule has 1 aliphatic heterocycles. The SMILES string of the molecule is CC(=O)N1CCOc2ccc(-c3nc4ncccn4c3-c3ccnc(C(F)(F)F)c3)cc21. The molecule has 0 unspecified atom stereocenters. The van der Waals surface area contributed by atoms with E-state index in [0.717, 1.165) is 12.3 Å².